The number of hydrogen-bond donors (Lipinski definition) is 0. The summed E-state index contributed by atoms with van der Waals surface area (Å²) in [5, 5.41) is 0. The summed E-state index contributed by atoms with van der Waals surface area (Å²) in [6.07, 6.45) is 4.47. The van der Waals surface area contributed by atoms with E-state index < -0.39 is 0 Å². The van der Waals surface area contributed by atoms with E-state index in [1.807, 2.05) is 6.20 Å². The molecule has 1 heterocycles. The fourth-order valence-corrected chi connectivity index (χ4v) is 1.76. The highest BCUT2D eigenvalue weighted by molar-refractivity contribution is 5.95. The van der Waals surface area contributed by atoms with Crippen molar-refractivity contribution >= 4 is 5.78 Å². The van der Waals surface area contributed by atoms with Crippen LogP contribution in [0.3, 0.4) is 0 Å². The van der Waals surface area contributed by atoms with Crippen molar-refractivity contribution in [2.24, 2.45) is 0 Å². The van der Waals surface area contributed by atoms with Crippen molar-refractivity contribution in [1.82, 2.24) is 4.98 Å². The smallest absolute Gasteiger partial charge is 0.161 e. The van der Waals surface area contributed by atoms with E-state index in [2.05, 4.69) is 25.8 Å². The second kappa shape index (κ2) is 4.36. The Morgan fingerprint density at radius 2 is 2.07 bits per heavy atom. The van der Waals surface area contributed by atoms with Crippen molar-refractivity contribution in [2.45, 2.75) is 40.0 Å². The molecular formula is C12H17NO. The molecule has 0 bridgehead atoms. The molecule has 14 heavy (non-hydrogen) atoms. The van der Waals surface area contributed by atoms with Crippen LogP contribution in [0.2, 0.25) is 0 Å². The average molecular weight is 191 g/mol. The molecule has 0 aliphatic rings. The highest BCUT2D eigenvalue weighted by Gasteiger charge is 2.14. The number of rotatable bonds is 3. The first-order valence-electron chi connectivity index (χ1n) is 5.05. The first kappa shape index (κ1) is 10.9. The molecule has 0 fully saturated rings. The maximum Gasteiger partial charge on any atom is 0.161 e. The van der Waals surface area contributed by atoms with E-state index in [9.17, 15) is 4.79 Å². The fourth-order valence-electron chi connectivity index (χ4n) is 1.76. The molecule has 0 aliphatic heterocycles. The van der Waals surface area contributed by atoms with Gasteiger partial charge in [0.1, 0.15) is 0 Å². The van der Waals surface area contributed by atoms with Crippen LogP contribution in [0, 0.1) is 0 Å². The van der Waals surface area contributed by atoms with Crippen molar-refractivity contribution < 1.29 is 4.79 Å². The quantitative estimate of drug-likeness (QED) is 0.687. The molecule has 0 spiro atoms. The first-order chi connectivity index (χ1) is 6.57. The Labute approximate surface area is 85.4 Å². The van der Waals surface area contributed by atoms with E-state index in [4.69, 9.17) is 0 Å². The van der Waals surface area contributed by atoms with Crippen molar-refractivity contribution in [3.63, 3.8) is 0 Å². The molecule has 0 aliphatic carbocycles. The number of aromatic nitrogens is 1. The van der Waals surface area contributed by atoms with Crippen LogP contribution < -0.4 is 0 Å². The van der Waals surface area contributed by atoms with Crippen LogP contribution >= 0.6 is 0 Å². The van der Waals surface area contributed by atoms with Gasteiger partial charge in [-0.2, -0.15) is 0 Å². The molecule has 2 nitrogen and oxygen atoms in total. The topological polar surface area (TPSA) is 30.0 Å². The Bertz CT molecular complexity index is 342. The Morgan fingerprint density at radius 3 is 2.50 bits per heavy atom. The summed E-state index contributed by atoms with van der Waals surface area (Å²) in [6.45, 7) is 7.91. The number of hydrogen-bond acceptors (Lipinski definition) is 2. The summed E-state index contributed by atoms with van der Waals surface area (Å²) in [7, 11) is 0. The zero-order chi connectivity index (χ0) is 10.7. The lowest BCUT2D eigenvalue weighted by atomic mass is 9.91. The van der Waals surface area contributed by atoms with Gasteiger partial charge in [-0.3, -0.25) is 9.78 Å². The van der Waals surface area contributed by atoms with Gasteiger partial charge in [-0.25, -0.2) is 0 Å². The van der Waals surface area contributed by atoms with Crippen LogP contribution in [-0.4, -0.2) is 10.8 Å². The van der Waals surface area contributed by atoms with Crippen molar-refractivity contribution in [2.75, 3.05) is 0 Å². The van der Waals surface area contributed by atoms with Gasteiger partial charge in [0, 0.05) is 18.0 Å². The maximum absolute atomic E-state index is 11.4. The van der Waals surface area contributed by atoms with Crippen LogP contribution in [0.1, 0.15) is 55.1 Å². The predicted octanol–water partition coefficient (Wildman–Crippen LogP) is 2.97. The van der Waals surface area contributed by atoms with E-state index in [1.54, 1.807) is 13.1 Å². The Balaban J connectivity index is 3.35. The van der Waals surface area contributed by atoms with Crippen molar-refractivity contribution in [3.8, 4) is 0 Å². The minimum absolute atomic E-state index is 0.108. The van der Waals surface area contributed by atoms with Gasteiger partial charge in [-0.05, 0) is 30.4 Å². The molecule has 0 unspecified atom stereocenters. The molecule has 0 aromatic carbocycles. The van der Waals surface area contributed by atoms with Crippen LogP contribution in [0.5, 0.6) is 0 Å². The molecular weight excluding hydrogens is 174 g/mol. The molecule has 0 radical (unpaired) electrons. The third-order valence-electron chi connectivity index (χ3n) is 2.41. The summed E-state index contributed by atoms with van der Waals surface area (Å²) in [5.74, 6) is 0.489. The minimum atomic E-state index is 0.108. The van der Waals surface area contributed by atoms with E-state index in [0.717, 1.165) is 17.5 Å². The molecule has 2 heteroatoms. The monoisotopic (exact) mass is 191 g/mol. The summed E-state index contributed by atoms with van der Waals surface area (Å²) in [4.78, 5) is 15.5. The van der Waals surface area contributed by atoms with Gasteiger partial charge in [0.2, 0.25) is 0 Å². The number of Topliss-reactive ketones (excluding diaryl/α,β-unsaturated/α-hetero) is 1. The van der Waals surface area contributed by atoms with Crippen molar-refractivity contribution in [3.05, 3.63) is 29.1 Å². The van der Waals surface area contributed by atoms with Gasteiger partial charge in [-0.1, -0.05) is 20.8 Å². The second-order valence-electron chi connectivity index (χ2n) is 3.82. The summed E-state index contributed by atoms with van der Waals surface area (Å²) in [6, 6.07) is 0. The molecule has 1 rings (SSSR count). The van der Waals surface area contributed by atoms with E-state index >= 15 is 0 Å². The molecule has 0 N–H and O–H groups in total. The normalized spacial score (nSPS) is 10.6. The lowest BCUT2D eigenvalue weighted by Crippen LogP contribution is -2.06. The van der Waals surface area contributed by atoms with Gasteiger partial charge in [0.25, 0.3) is 0 Å². The van der Waals surface area contributed by atoms with E-state index in [1.165, 1.54) is 5.56 Å². The zero-order valence-corrected chi connectivity index (χ0v) is 9.29. The van der Waals surface area contributed by atoms with Gasteiger partial charge in [0.15, 0.2) is 5.78 Å². The third kappa shape index (κ3) is 2.00. The zero-order valence-electron chi connectivity index (χ0n) is 9.29. The summed E-state index contributed by atoms with van der Waals surface area (Å²) >= 11 is 0. The number of ketones is 1. The number of pyridine rings is 1. The van der Waals surface area contributed by atoms with E-state index in [0.29, 0.717) is 5.92 Å². The average Bonchev–Trinajstić information content (AvgIpc) is 2.16. The van der Waals surface area contributed by atoms with Gasteiger partial charge >= 0.3 is 0 Å². The number of carbonyl (C=O) groups excluding carboxylic acids is 1. The van der Waals surface area contributed by atoms with Gasteiger partial charge in [-0.15, -0.1) is 0 Å². The summed E-state index contributed by atoms with van der Waals surface area (Å²) in [5.41, 5.74) is 3.13. The van der Waals surface area contributed by atoms with Gasteiger partial charge < -0.3 is 0 Å². The molecule has 0 saturated heterocycles. The molecule has 1 aromatic heterocycles. The van der Waals surface area contributed by atoms with Crippen LogP contribution in [0.25, 0.3) is 0 Å². The first-order valence-corrected chi connectivity index (χ1v) is 5.05. The predicted molar refractivity (Wildman–Crippen MR) is 57.7 cm³/mol. The molecule has 0 saturated carbocycles. The van der Waals surface area contributed by atoms with Crippen molar-refractivity contribution in [1.29, 1.82) is 0 Å². The highest BCUT2D eigenvalue weighted by atomic mass is 16.1. The van der Waals surface area contributed by atoms with Gasteiger partial charge in [0.05, 0.1) is 0 Å². The molecule has 0 amide bonds. The fraction of sp³-hybridized carbons (Fsp3) is 0.500. The van der Waals surface area contributed by atoms with Crippen LogP contribution in [0.15, 0.2) is 12.4 Å². The molecule has 1 aromatic rings. The third-order valence-corrected chi connectivity index (χ3v) is 2.41. The molecule has 76 valence electrons. The lowest BCUT2D eigenvalue weighted by Gasteiger charge is -2.14. The summed E-state index contributed by atoms with van der Waals surface area (Å²) < 4.78 is 0. The second-order valence-corrected chi connectivity index (χ2v) is 3.82. The number of carbonyl (C=O) groups is 1. The highest BCUT2D eigenvalue weighted by Crippen LogP contribution is 2.23. The Morgan fingerprint density at radius 1 is 1.43 bits per heavy atom. The lowest BCUT2D eigenvalue weighted by molar-refractivity contribution is 0.101. The largest absolute Gasteiger partial charge is 0.294 e. The van der Waals surface area contributed by atoms with E-state index in [-0.39, 0.29) is 5.78 Å². The van der Waals surface area contributed by atoms with Crippen LogP contribution in [-0.2, 0) is 6.42 Å². The Kier molecular flexibility index (Phi) is 3.39. The number of aryl methyl sites for hydroxylation is 1. The Hall–Kier alpha value is -1.18. The SMILES string of the molecule is CCc1cncc(C(C)=O)c1C(C)C. The molecule has 0 atom stereocenters. The maximum atomic E-state index is 11.4. The van der Waals surface area contributed by atoms with Crippen LogP contribution in [0.4, 0.5) is 0 Å². The standard InChI is InChI=1S/C12H17NO/c1-5-10-6-13-7-11(9(4)14)12(10)8(2)3/h6-8H,5H2,1-4H3. The number of nitrogens with zero attached hydrogens (tertiary/aromatic N) is 1. The minimum Gasteiger partial charge on any atom is -0.294 e.